The molecule has 0 radical (unpaired) electrons. The average molecular weight is 288 g/mol. The number of rotatable bonds is 2. The van der Waals surface area contributed by atoms with Gasteiger partial charge in [0.05, 0.1) is 5.39 Å². The molecule has 6 heteroatoms. The van der Waals surface area contributed by atoms with Crippen LogP contribution in [0.2, 0.25) is 0 Å². The van der Waals surface area contributed by atoms with E-state index in [1.165, 1.54) is 16.9 Å². The maximum absolute atomic E-state index is 12.0. The second kappa shape index (κ2) is 4.41. The maximum atomic E-state index is 12.0. The van der Waals surface area contributed by atoms with Crippen LogP contribution in [0.5, 0.6) is 0 Å². The maximum Gasteiger partial charge on any atom is 0.244 e. The number of carbonyl (C=O) groups is 1. The summed E-state index contributed by atoms with van der Waals surface area (Å²) in [6.45, 7) is 0.812. The van der Waals surface area contributed by atoms with Crippen LogP contribution < -0.4 is 5.32 Å². The molecule has 2 aliphatic rings. The van der Waals surface area contributed by atoms with Gasteiger partial charge >= 0.3 is 0 Å². The highest BCUT2D eigenvalue weighted by molar-refractivity contribution is 7.19. The molecular formula is C14H16N4OS. The quantitative estimate of drug-likeness (QED) is 0.916. The average Bonchev–Trinajstić information content (AvgIpc) is 3.09. The molecule has 1 N–H and O–H groups in total. The number of anilines is 1. The smallest absolute Gasteiger partial charge is 0.244 e. The van der Waals surface area contributed by atoms with E-state index in [0.717, 1.165) is 41.8 Å². The molecule has 3 heterocycles. The third-order valence-electron chi connectivity index (χ3n) is 4.24. The predicted octanol–water partition coefficient (Wildman–Crippen LogP) is 1.82. The summed E-state index contributed by atoms with van der Waals surface area (Å²) in [4.78, 5) is 25.1. The van der Waals surface area contributed by atoms with Crippen LogP contribution in [0.25, 0.3) is 10.2 Å². The van der Waals surface area contributed by atoms with Gasteiger partial charge in [-0.15, -0.1) is 11.3 Å². The van der Waals surface area contributed by atoms with E-state index in [-0.39, 0.29) is 11.9 Å². The van der Waals surface area contributed by atoms with Gasteiger partial charge in [0.1, 0.15) is 23.0 Å². The van der Waals surface area contributed by atoms with Crippen LogP contribution in [0.4, 0.5) is 5.82 Å². The Balaban J connectivity index is 1.75. The first-order valence-electron chi connectivity index (χ1n) is 7.01. The highest BCUT2D eigenvalue weighted by atomic mass is 32.1. The minimum absolute atomic E-state index is 0.143. The lowest BCUT2D eigenvalue weighted by Crippen LogP contribution is -2.31. The number of thiophene rings is 1. The van der Waals surface area contributed by atoms with Gasteiger partial charge in [0.25, 0.3) is 0 Å². The molecular weight excluding hydrogens is 272 g/mol. The molecule has 1 amide bonds. The summed E-state index contributed by atoms with van der Waals surface area (Å²) in [5.41, 5.74) is 1.40. The summed E-state index contributed by atoms with van der Waals surface area (Å²) in [5.74, 6) is 0.992. The minimum atomic E-state index is -0.143. The van der Waals surface area contributed by atoms with Crippen molar-refractivity contribution in [3.8, 4) is 0 Å². The number of hydrogen-bond acceptors (Lipinski definition) is 5. The zero-order chi connectivity index (χ0) is 13.7. The van der Waals surface area contributed by atoms with Crippen molar-refractivity contribution in [1.29, 1.82) is 0 Å². The molecule has 104 valence electrons. The van der Waals surface area contributed by atoms with E-state index in [0.29, 0.717) is 0 Å². The lowest BCUT2D eigenvalue weighted by Gasteiger charge is -2.13. The topological polar surface area (TPSA) is 58.1 Å². The summed E-state index contributed by atoms with van der Waals surface area (Å²) in [6.07, 6.45) is 5.92. The highest BCUT2D eigenvalue weighted by Crippen LogP contribution is 2.39. The van der Waals surface area contributed by atoms with Crippen molar-refractivity contribution in [3.63, 3.8) is 0 Å². The van der Waals surface area contributed by atoms with Gasteiger partial charge in [-0.05, 0) is 31.2 Å². The van der Waals surface area contributed by atoms with Gasteiger partial charge in [0.15, 0.2) is 0 Å². The summed E-state index contributed by atoms with van der Waals surface area (Å²) < 4.78 is 0. The summed E-state index contributed by atoms with van der Waals surface area (Å²) in [5, 5.41) is 4.49. The fraction of sp³-hybridized carbons (Fsp3) is 0.500. The van der Waals surface area contributed by atoms with E-state index in [2.05, 4.69) is 15.3 Å². The van der Waals surface area contributed by atoms with E-state index in [4.69, 9.17) is 0 Å². The van der Waals surface area contributed by atoms with Gasteiger partial charge in [-0.2, -0.15) is 0 Å². The van der Waals surface area contributed by atoms with Crippen LogP contribution in [0.1, 0.15) is 23.3 Å². The molecule has 4 rings (SSSR count). The van der Waals surface area contributed by atoms with Gasteiger partial charge in [-0.3, -0.25) is 4.79 Å². The van der Waals surface area contributed by atoms with Crippen molar-refractivity contribution in [3.05, 3.63) is 16.8 Å². The van der Waals surface area contributed by atoms with Crippen LogP contribution in [-0.2, 0) is 17.6 Å². The van der Waals surface area contributed by atoms with Gasteiger partial charge in [-0.1, -0.05) is 0 Å². The molecule has 1 unspecified atom stereocenters. The fourth-order valence-corrected chi connectivity index (χ4v) is 4.39. The third kappa shape index (κ3) is 1.71. The molecule has 0 spiro atoms. The van der Waals surface area contributed by atoms with Crippen molar-refractivity contribution >= 4 is 33.3 Å². The van der Waals surface area contributed by atoms with Gasteiger partial charge in [0, 0.05) is 18.5 Å². The minimum Gasteiger partial charge on any atom is -0.358 e. The van der Waals surface area contributed by atoms with Crippen molar-refractivity contribution in [2.45, 2.75) is 31.7 Å². The molecule has 1 fully saturated rings. The summed E-state index contributed by atoms with van der Waals surface area (Å²) >= 11 is 1.77. The largest absolute Gasteiger partial charge is 0.358 e. The van der Waals surface area contributed by atoms with E-state index in [9.17, 15) is 4.79 Å². The number of aromatic nitrogens is 2. The first kappa shape index (κ1) is 12.1. The first-order chi connectivity index (χ1) is 9.74. The Hall–Kier alpha value is -1.69. The molecule has 1 saturated heterocycles. The van der Waals surface area contributed by atoms with Crippen molar-refractivity contribution in [1.82, 2.24) is 14.9 Å². The zero-order valence-electron chi connectivity index (χ0n) is 11.3. The molecule has 2 aromatic rings. The Morgan fingerprint density at radius 1 is 1.40 bits per heavy atom. The van der Waals surface area contributed by atoms with Crippen molar-refractivity contribution in [2.75, 3.05) is 18.9 Å². The fourth-order valence-electron chi connectivity index (χ4n) is 3.16. The second-order valence-electron chi connectivity index (χ2n) is 5.51. The SMILES string of the molecule is CN1CCC(Nc2ncnc3sc4c(c23)CCC4)C1=O. The van der Waals surface area contributed by atoms with Gasteiger partial charge < -0.3 is 10.2 Å². The summed E-state index contributed by atoms with van der Waals surface area (Å²) in [7, 11) is 1.85. The number of nitrogens with zero attached hydrogens (tertiary/aromatic N) is 3. The molecule has 1 atom stereocenters. The number of amides is 1. The number of nitrogens with one attached hydrogen (secondary N) is 1. The molecule has 2 aromatic heterocycles. The van der Waals surface area contributed by atoms with Crippen LogP contribution in [-0.4, -0.2) is 40.4 Å². The van der Waals surface area contributed by atoms with E-state index in [1.54, 1.807) is 22.6 Å². The number of carbonyl (C=O) groups excluding carboxylic acids is 1. The first-order valence-corrected chi connectivity index (χ1v) is 7.82. The van der Waals surface area contributed by atoms with E-state index in [1.807, 2.05) is 7.05 Å². The molecule has 1 aliphatic heterocycles. The normalized spacial score (nSPS) is 21.8. The summed E-state index contributed by atoms with van der Waals surface area (Å²) in [6, 6.07) is -0.143. The Labute approximate surface area is 121 Å². The second-order valence-corrected chi connectivity index (χ2v) is 6.59. The number of aryl methyl sites for hydroxylation is 2. The monoisotopic (exact) mass is 288 g/mol. The van der Waals surface area contributed by atoms with Crippen LogP contribution >= 0.6 is 11.3 Å². The molecule has 1 aliphatic carbocycles. The van der Waals surface area contributed by atoms with Crippen LogP contribution in [0.15, 0.2) is 6.33 Å². The lowest BCUT2D eigenvalue weighted by molar-refractivity contribution is -0.127. The standard InChI is InChI=1S/C14H16N4OS/c1-18-6-5-9(14(18)19)17-12-11-8-3-2-4-10(8)20-13(11)16-7-15-12/h7,9H,2-6H2,1H3,(H,15,16,17). The number of fused-ring (bicyclic) bond motifs is 3. The zero-order valence-corrected chi connectivity index (χ0v) is 12.2. The Morgan fingerprint density at radius 3 is 3.10 bits per heavy atom. The van der Waals surface area contributed by atoms with Crippen molar-refractivity contribution < 1.29 is 4.79 Å². The predicted molar refractivity (Wildman–Crippen MR) is 79.1 cm³/mol. The van der Waals surface area contributed by atoms with Crippen LogP contribution in [0, 0.1) is 0 Å². The van der Waals surface area contributed by atoms with Crippen molar-refractivity contribution in [2.24, 2.45) is 0 Å². The molecule has 0 bridgehead atoms. The Bertz CT molecular complexity index is 696. The molecule has 20 heavy (non-hydrogen) atoms. The van der Waals surface area contributed by atoms with Crippen LogP contribution in [0.3, 0.4) is 0 Å². The third-order valence-corrected chi connectivity index (χ3v) is 5.44. The molecule has 5 nitrogen and oxygen atoms in total. The number of hydrogen-bond donors (Lipinski definition) is 1. The number of likely N-dealkylation sites (tertiary alicyclic amines) is 1. The molecule has 0 aromatic carbocycles. The highest BCUT2D eigenvalue weighted by Gasteiger charge is 2.30. The Morgan fingerprint density at radius 2 is 2.30 bits per heavy atom. The Kier molecular flexibility index (Phi) is 2.66. The van der Waals surface area contributed by atoms with Gasteiger partial charge in [-0.25, -0.2) is 9.97 Å². The van der Waals surface area contributed by atoms with E-state index >= 15 is 0 Å². The number of likely N-dealkylation sites (N-methyl/N-ethyl adjacent to an activating group) is 1. The molecule has 0 saturated carbocycles. The van der Waals surface area contributed by atoms with Gasteiger partial charge in [0.2, 0.25) is 5.91 Å². The lowest BCUT2D eigenvalue weighted by atomic mass is 10.1. The van der Waals surface area contributed by atoms with E-state index < -0.39 is 0 Å².